The van der Waals surface area contributed by atoms with Crippen molar-refractivity contribution in [2.45, 2.75) is 251 Å². The first-order valence-corrected chi connectivity index (χ1v) is 23.4. The molecule has 54 heavy (non-hydrogen) atoms. The van der Waals surface area contributed by atoms with Crippen LogP contribution in [0.3, 0.4) is 0 Å². The molecule has 1 N–H and O–H groups in total. The summed E-state index contributed by atoms with van der Waals surface area (Å²) in [5.74, 6) is -0.621. The number of esters is 2. The van der Waals surface area contributed by atoms with Crippen molar-refractivity contribution >= 4 is 18.0 Å². The predicted molar refractivity (Wildman–Crippen MR) is 225 cm³/mol. The minimum Gasteiger partial charge on any atom is -0.462 e. The molecule has 0 aromatic heterocycles. The Morgan fingerprint density at radius 1 is 0.500 bits per heavy atom. The maximum absolute atomic E-state index is 12.7. The maximum atomic E-state index is 12.7. The summed E-state index contributed by atoms with van der Waals surface area (Å²) in [4.78, 5) is 40.0. The Bertz CT molecular complexity index is 877. The van der Waals surface area contributed by atoms with Gasteiger partial charge in [-0.25, -0.2) is 4.79 Å². The fourth-order valence-electron chi connectivity index (χ4n) is 7.30. The molecule has 8 nitrogen and oxygen atoms in total. The van der Waals surface area contributed by atoms with Crippen LogP contribution in [0, 0.1) is 0 Å². The van der Waals surface area contributed by atoms with Crippen molar-refractivity contribution in [3.05, 3.63) is 0 Å². The summed E-state index contributed by atoms with van der Waals surface area (Å²) < 4.78 is 16.6. The van der Waals surface area contributed by atoms with E-state index in [2.05, 4.69) is 37.9 Å². The SMILES string of the molecule is CCCCCCCCCCCCCCCCCC(=O)OCC(COC(=O)NC1CN(C(C)C)C1)OC(=O)CCCCCCCCCCCCCCCCC. The molecule has 0 radical (unpaired) electrons. The fourth-order valence-corrected chi connectivity index (χ4v) is 7.30. The van der Waals surface area contributed by atoms with Gasteiger partial charge in [-0.1, -0.05) is 194 Å². The van der Waals surface area contributed by atoms with Gasteiger partial charge in [-0.3, -0.25) is 14.5 Å². The van der Waals surface area contributed by atoms with Crippen molar-refractivity contribution in [3.8, 4) is 0 Å². The topological polar surface area (TPSA) is 94.2 Å². The Morgan fingerprint density at radius 2 is 0.833 bits per heavy atom. The monoisotopic (exact) mass is 765 g/mol. The minimum atomic E-state index is -0.807. The molecule has 0 aromatic carbocycles. The van der Waals surface area contributed by atoms with Crippen LogP contribution in [-0.2, 0) is 23.8 Å². The summed E-state index contributed by atoms with van der Waals surface area (Å²) in [6, 6.07) is 0.496. The van der Waals surface area contributed by atoms with E-state index in [0.717, 1.165) is 51.6 Å². The first-order valence-electron chi connectivity index (χ1n) is 23.4. The van der Waals surface area contributed by atoms with Crippen molar-refractivity contribution in [3.63, 3.8) is 0 Å². The molecule has 1 fully saturated rings. The Balaban J connectivity index is 2.20. The van der Waals surface area contributed by atoms with Crippen LogP contribution in [0.25, 0.3) is 0 Å². The Kier molecular flexibility index (Phi) is 34.2. The molecule has 1 rings (SSSR count). The smallest absolute Gasteiger partial charge is 0.407 e. The molecule has 1 heterocycles. The van der Waals surface area contributed by atoms with Crippen molar-refractivity contribution in [1.29, 1.82) is 0 Å². The number of hydrogen-bond donors (Lipinski definition) is 1. The van der Waals surface area contributed by atoms with Crippen LogP contribution in [0.5, 0.6) is 0 Å². The van der Waals surface area contributed by atoms with E-state index in [-0.39, 0.29) is 31.2 Å². The van der Waals surface area contributed by atoms with E-state index in [4.69, 9.17) is 14.2 Å². The van der Waals surface area contributed by atoms with E-state index in [9.17, 15) is 14.4 Å². The summed E-state index contributed by atoms with van der Waals surface area (Å²) >= 11 is 0. The molecule has 1 saturated heterocycles. The first kappa shape index (κ1) is 50.2. The summed E-state index contributed by atoms with van der Waals surface area (Å²) in [6.45, 7) is 10.2. The molecule has 0 saturated carbocycles. The first-order chi connectivity index (χ1) is 26.3. The quantitative estimate of drug-likeness (QED) is 0.0378. The molecular formula is C46H88N2O6. The number of unbranched alkanes of at least 4 members (excludes halogenated alkanes) is 28. The maximum Gasteiger partial charge on any atom is 0.407 e. The summed E-state index contributed by atoms with van der Waals surface area (Å²) in [5.41, 5.74) is 0. The number of hydrogen-bond acceptors (Lipinski definition) is 7. The Morgan fingerprint density at radius 3 is 1.20 bits per heavy atom. The molecule has 0 aromatic rings. The van der Waals surface area contributed by atoms with Gasteiger partial charge in [-0.15, -0.1) is 0 Å². The Hall–Kier alpha value is -1.83. The van der Waals surface area contributed by atoms with Gasteiger partial charge in [0.05, 0.1) is 6.04 Å². The van der Waals surface area contributed by atoms with Crippen molar-refractivity contribution < 1.29 is 28.6 Å². The lowest BCUT2D eigenvalue weighted by atomic mass is 10.0. The normalized spacial score (nSPS) is 13.9. The number of likely N-dealkylation sites (tertiary alicyclic amines) is 1. The van der Waals surface area contributed by atoms with Crippen molar-refractivity contribution in [2.75, 3.05) is 26.3 Å². The third-order valence-electron chi connectivity index (χ3n) is 11.1. The van der Waals surface area contributed by atoms with Crippen molar-refractivity contribution in [1.82, 2.24) is 10.2 Å². The number of ether oxygens (including phenoxy) is 3. The van der Waals surface area contributed by atoms with E-state index < -0.39 is 12.2 Å². The zero-order valence-corrected chi connectivity index (χ0v) is 36.1. The van der Waals surface area contributed by atoms with E-state index in [1.165, 1.54) is 154 Å². The van der Waals surface area contributed by atoms with Gasteiger partial charge >= 0.3 is 18.0 Å². The highest BCUT2D eigenvalue weighted by molar-refractivity contribution is 5.70. The van der Waals surface area contributed by atoms with Gasteiger partial charge in [-0.05, 0) is 26.7 Å². The number of alkyl carbamates (subject to hydrolysis) is 1. The molecule has 0 aliphatic carbocycles. The van der Waals surface area contributed by atoms with Crippen LogP contribution < -0.4 is 5.32 Å². The standard InChI is InChI=1S/C46H88N2O6/c1-5-7-9-11-13-15-17-19-21-23-25-27-29-31-33-35-44(49)52-39-43(40-53-46(51)47-42-37-48(38-42)41(3)4)54-45(50)36-34-32-30-28-26-24-22-20-18-16-14-12-10-8-6-2/h41-43H,5-40H2,1-4H3,(H,47,51). The van der Waals surface area contributed by atoms with Crippen LogP contribution in [0.15, 0.2) is 0 Å². The average Bonchev–Trinajstić information content (AvgIpc) is 3.13. The fraction of sp³-hybridized carbons (Fsp3) is 0.935. The number of carbonyl (C=O) groups is 3. The Labute approximate surface area is 333 Å². The molecule has 1 aliphatic rings. The van der Waals surface area contributed by atoms with Gasteiger partial charge in [0, 0.05) is 32.0 Å². The van der Waals surface area contributed by atoms with Gasteiger partial charge in [0.1, 0.15) is 13.2 Å². The van der Waals surface area contributed by atoms with E-state index in [0.29, 0.717) is 18.9 Å². The number of carbonyl (C=O) groups excluding carboxylic acids is 3. The van der Waals surface area contributed by atoms with E-state index in [1.54, 1.807) is 0 Å². The third kappa shape index (κ3) is 31.4. The van der Waals surface area contributed by atoms with Gasteiger partial charge in [0.2, 0.25) is 0 Å². The van der Waals surface area contributed by atoms with Crippen LogP contribution in [0.4, 0.5) is 4.79 Å². The highest BCUT2D eigenvalue weighted by Crippen LogP contribution is 2.16. The highest BCUT2D eigenvalue weighted by Gasteiger charge is 2.30. The molecule has 0 bridgehead atoms. The second-order valence-electron chi connectivity index (χ2n) is 16.7. The number of nitrogens with one attached hydrogen (secondary N) is 1. The van der Waals surface area contributed by atoms with Gasteiger partial charge < -0.3 is 19.5 Å². The average molecular weight is 765 g/mol. The van der Waals surface area contributed by atoms with Crippen LogP contribution >= 0.6 is 0 Å². The lowest BCUT2D eigenvalue weighted by Gasteiger charge is -2.41. The van der Waals surface area contributed by atoms with Crippen molar-refractivity contribution in [2.24, 2.45) is 0 Å². The second kappa shape index (κ2) is 36.8. The van der Waals surface area contributed by atoms with E-state index in [1.807, 2.05) is 0 Å². The highest BCUT2D eigenvalue weighted by atomic mass is 16.6. The third-order valence-corrected chi connectivity index (χ3v) is 11.1. The summed E-state index contributed by atoms with van der Waals surface area (Å²) in [6.07, 6.45) is 37.5. The molecule has 1 aliphatic heterocycles. The molecule has 318 valence electrons. The summed E-state index contributed by atoms with van der Waals surface area (Å²) in [7, 11) is 0. The molecule has 1 unspecified atom stereocenters. The van der Waals surface area contributed by atoms with Gasteiger partial charge in [0.25, 0.3) is 0 Å². The van der Waals surface area contributed by atoms with Crippen LogP contribution in [0.1, 0.15) is 233 Å². The number of amides is 1. The lowest BCUT2D eigenvalue weighted by Crippen LogP contribution is -2.61. The summed E-state index contributed by atoms with van der Waals surface area (Å²) in [5, 5.41) is 2.88. The minimum absolute atomic E-state index is 0.0544. The molecule has 1 atom stereocenters. The van der Waals surface area contributed by atoms with E-state index >= 15 is 0 Å². The zero-order chi connectivity index (χ0) is 39.3. The molecular weight excluding hydrogens is 677 g/mol. The van der Waals surface area contributed by atoms with Gasteiger partial charge in [-0.2, -0.15) is 0 Å². The number of nitrogens with zero attached hydrogens (tertiary/aromatic N) is 1. The molecule has 0 spiro atoms. The van der Waals surface area contributed by atoms with Gasteiger partial charge in [0.15, 0.2) is 6.10 Å². The lowest BCUT2D eigenvalue weighted by molar-refractivity contribution is -0.161. The molecule has 1 amide bonds. The zero-order valence-electron chi connectivity index (χ0n) is 36.1. The largest absolute Gasteiger partial charge is 0.462 e. The molecule has 8 heteroatoms. The second-order valence-corrected chi connectivity index (χ2v) is 16.7. The number of rotatable bonds is 39. The van der Waals surface area contributed by atoms with Crippen LogP contribution in [0.2, 0.25) is 0 Å². The van der Waals surface area contributed by atoms with Crippen LogP contribution in [-0.4, -0.2) is 67.4 Å². The predicted octanol–water partition coefficient (Wildman–Crippen LogP) is 12.8.